The number of phenolic OH excluding ortho intramolecular Hbond substituents is 2. The SMILES string of the molecule is CCN(CC)c1ccc(/C=C(\C#N)C(=O)Nc2ccc(O)cc2)c(O)c1. The van der Waals surface area contributed by atoms with E-state index < -0.39 is 5.91 Å². The van der Waals surface area contributed by atoms with Gasteiger partial charge in [0, 0.05) is 36.1 Å². The molecule has 0 aliphatic rings. The van der Waals surface area contributed by atoms with E-state index in [1.807, 2.05) is 26.0 Å². The average molecular weight is 351 g/mol. The summed E-state index contributed by atoms with van der Waals surface area (Å²) < 4.78 is 0. The lowest BCUT2D eigenvalue weighted by molar-refractivity contribution is -0.112. The maximum atomic E-state index is 12.3. The fourth-order valence-electron chi connectivity index (χ4n) is 2.49. The Morgan fingerprint density at radius 1 is 1.15 bits per heavy atom. The lowest BCUT2D eigenvalue weighted by Crippen LogP contribution is -2.21. The minimum atomic E-state index is -0.592. The molecule has 0 aliphatic heterocycles. The standard InChI is InChI=1S/C20H21N3O3/c1-3-23(4-2)17-8-5-14(19(25)12-17)11-15(13-21)20(26)22-16-6-9-18(24)10-7-16/h5-12,24-25H,3-4H2,1-2H3,(H,22,26)/b15-11+. The maximum absolute atomic E-state index is 12.3. The van der Waals surface area contributed by atoms with Crippen LogP contribution in [0.3, 0.4) is 0 Å². The number of phenols is 2. The van der Waals surface area contributed by atoms with Crippen molar-refractivity contribution in [2.24, 2.45) is 0 Å². The van der Waals surface area contributed by atoms with Crippen molar-refractivity contribution < 1.29 is 15.0 Å². The maximum Gasteiger partial charge on any atom is 0.266 e. The summed E-state index contributed by atoms with van der Waals surface area (Å²) in [5, 5.41) is 31.4. The lowest BCUT2D eigenvalue weighted by Gasteiger charge is -2.21. The van der Waals surface area contributed by atoms with E-state index in [0.29, 0.717) is 11.3 Å². The number of hydrogen-bond donors (Lipinski definition) is 3. The van der Waals surface area contributed by atoms with Gasteiger partial charge in [-0.25, -0.2) is 0 Å². The number of anilines is 2. The number of carbonyl (C=O) groups is 1. The van der Waals surface area contributed by atoms with Crippen LogP contribution in [0.25, 0.3) is 6.08 Å². The number of benzene rings is 2. The summed E-state index contributed by atoms with van der Waals surface area (Å²) >= 11 is 0. The van der Waals surface area contributed by atoms with Gasteiger partial charge in [-0.05, 0) is 56.3 Å². The second-order valence-electron chi connectivity index (χ2n) is 5.59. The quantitative estimate of drug-likeness (QED) is 0.420. The second kappa shape index (κ2) is 8.58. The van der Waals surface area contributed by atoms with E-state index in [0.717, 1.165) is 18.8 Å². The molecule has 2 rings (SSSR count). The molecule has 0 fully saturated rings. The predicted octanol–water partition coefficient (Wildman–Crippen LogP) is 3.49. The Labute approximate surface area is 152 Å². The van der Waals surface area contributed by atoms with Crippen LogP contribution in [0, 0.1) is 11.3 Å². The number of nitriles is 1. The summed E-state index contributed by atoms with van der Waals surface area (Å²) in [7, 11) is 0. The largest absolute Gasteiger partial charge is 0.508 e. The van der Waals surface area contributed by atoms with Crippen molar-refractivity contribution in [1.82, 2.24) is 0 Å². The lowest BCUT2D eigenvalue weighted by atomic mass is 10.1. The van der Waals surface area contributed by atoms with E-state index in [9.17, 15) is 20.3 Å². The van der Waals surface area contributed by atoms with Crippen LogP contribution in [0.4, 0.5) is 11.4 Å². The normalized spacial score (nSPS) is 10.9. The van der Waals surface area contributed by atoms with Gasteiger partial charge < -0.3 is 20.4 Å². The molecule has 0 saturated heterocycles. The molecule has 0 atom stereocenters. The first-order valence-corrected chi connectivity index (χ1v) is 8.28. The molecular formula is C20H21N3O3. The van der Waals surface area contributed by atoms with Crippen molar-refractivity contribution in [1.29, 1.82) is 5.26 Å². The van der Waals surface area contributed by atoms with Crippen LogP contribution in [0.5, 0.6) is 11.5 Å². The highest BCUT2D eigenvalue weighted by Crippen LogP contribution is 2.26. The van der Waals surface area contributed by atoms with Crippen LogP contribution >= 0.6 is 0 Å². The van der Waals surface area contributed by atoms with E-state index in [2.05, 4.69) is 10.2 Å². The zero-order chi connectivity index (χ0) is 19.1. The van der Waals surface area contributed by atoms with Gasteiger partial charge in [0.25, 0.3) is 5.91 Å². The summed E-state index contributed by atoms with van der Waals surface area (Å²) in [6, 6.07) is 12.9. The zero-order valence-corrected chi connectivity index (χ0v) is 14.7. The van der Waals surface area contributed by atoms with Gasteiger partial charge in [0.05, 0.1) is 0 Å². The average Bonchev–Trinajstić information content (AvgIpc) is 2.64. The minimum Gasteiger partial charge on any atom is -0.508 e. The number of aromatic hydroxyl groups is 2. The fraction of sp³-hybridized carbons (Fsp3) is 0.200. The predicted molar refractivity (Wildman–Crippen MR) is 102 cm³/mol. The van der Waals surface area contributed by atoms with Crippen LogP contribution in [0.15, 0.2) is 48.0 Å². The summed E-state index contributed by atoms with van der Waals surface area (Å²) in [4.78, 5) is 14.3. The molecule has 0 unspecified atom stereocenters. The van der Waals surface area contributed by atoms with Crippen molar-refractivity contribution in [3.63, 3.8) is 0 Å². The van der Waals surface area contributed by atoms with E-state index in [1.54, 1.807) is 12.1 Å². The number of hydrogen-bond acceptors (Lipinski definition) is 5. The first-order chi connectivity index (χ1) is 12.5. The Hall–Kier alpha value is -3.46. The van der Waals surface area contributed by atoms with Crippen molar-refractivity contribution in [2.75, 3.05) is 23.3 Å². The Morgan fingerprint density at radius 2 is 1.81 bits per heavy atom. The fourth-order valence-corrected chi connectivity index (χ4v) is 2.49. The van der Waals surface area contributed by atoms with E-state index in [-0.39, 0.29) is 17.1 Å². The molecule has 0 spiro atoms. The first-order valence-electron chi connectivity index (χ1n) is 8.28. The van der Waals surface area contributed by atoms with Gasteiger partial charge >= 0.3 is 0 Å². The van der Waals surface area contributed by atoms with Gasteiger partial charge in [0.15, 0.2) is 0 Å². The molecule has 134 valence electrons. The molecule has 2 aromatic rings. The highest BCUT2D eigenvalue weighted by atomic mass is 16.3. The third-order valence-electron chi connectivity index (χ3n) is 3.93. The number of rotatable bonds is 6. The van der Waals surface area contributed by atoms with Gasteiger partial charge in [0.2, 0.25) is 0 Å². The molecule has 6 heteroatoms. The van der Waals surface area contributed by atoms with Gasteiger partial charge in [-0.2, -0.15) is 5.26 Å². The van der Waals surface area contributed by atoms with E-state index in [1.165, 1.54) is 30.3 Å². The molecule has 3 N–H and O–H groups in total. The Bertz CT molecular complexity index is 848. The summed E-state index contributed by atoms with van der Waals surface area (Å²) in [5.41, 5.74) is 1.58. The van der Waals surface area contributed by atoms with Crippen LogP contribution in [-0.2, 0) is 4.79 Å². The van der Waals surface area contributed by atoms with Crippen molar-refractivity contribution in [2.45, 2.75) is 13.8 Å². The summed E-state index contributed by atoms with van der Waals surface area (Å²) in [5.74, 6) is -0.512. The van der Waals surface area contributed by atoms with Crippen LogP contribution < -0.4 is 10.2 Å². The van der Waals surface area contributed by atoms with Crippen LogP contribution in [-0.4, -0.2) is 29.2 Å². The third kappa shape index (κ3) is 4.54. The number of nitrogens with zero attached hydrogens (tertiary/aromatic N) is 2. The molecule has 0 radical (unpaired) electrons. The highest BCUT2D eigenvalue weighted by Gasteiger charge is 2.12. The summed E-state index contributed by atoms with van der Waals surface area (Å²) in [6.45, 7) is 5.67. The molecular weight excluding hydrogens is 330 g/mol. The van der Waals surface area contributed by atoms with Crippen LogP contribution in [0.1, 0.15) is 19.4 Å². The van der Waals surface area contributed by atoms with Crippen LogP contribution in [0.2, 0.25) is 0 Å². The minimum absolute atomic E-state index is 0.000386. The van der Waals surface area contributed by atoms with Crippen molar-refractivity contribution in [3.05, 3.63) is 53.6 Å². The molecule has 0 heterocycles. The molecule has 0 saturated carbocycles. The van der Waals surface area contributed by atoms with Gasteiger partial charge in [-0.1, -0.05) is 0 Å². The molecule has 6 nitrogen and oxygen atoms in total. The van der Waals surface area contributed by atoms with Gasteiger partial charge in [0.1, 0.15) is 23.1 Å². The number of amides is 1. The third-order valence-corrected chi connectivity index (χ3v) is 3.93. The van der Waals surface area contributed by atoms with Crippen molar-refractivity contribution in [3.8, 4) is 17.6 Å². The van der Waals surface area contributed by atoms with Gasteiger partial charge in [-0.3, -0.25) is 4.79 Å². The van der Waals surface area contributed by atoms with Gasteiger partial charge in [-0.15, -0.1) is 0 Å². The molecule has 0 bridgehead atoms. The monoisotopic (exact) mass is 351 g/mol. The Balaban J connectivity index is 2.23. The number of carbonyl (C=O) groups excluding carboxylic acids is 1. The molecule has 0 aromatic heterocycles. The number of nitrogens with one attached hydrogen (secondary N) is 1. The molecule has 26 heavy (non-hydrogen) atoms. The highest BCUT2D eigenvalue weighted by molar-refractivity contribution is 6.09. The van der Waals surface area contributed by atoms with Crippen molar-refractivity contribution >= 4 is 23.4 Å². The smallest absolute Gasteiger partial charge is 0.266 e. The Morgan fingerprint density at radius 3 is 2.35 bits per heavy atom. The zero-order valence-electron chi connectivity index (χ0n) is 14.7. The molecule has 0 aliphatic carbocycles. The molecule has 1 amide bonds. The Kier molecular flexibility index (Phi) is 6.23. The second-order valence-corrected chi connectivity index (χ2v) is 5.59. The summed E-state index contributed by atoms with van der Waals surface area (Å²) in [6.07, 6.45) is 1.34. The van der Waals surface area contributed by atoms with E-state index in [4.69, 9.17) is 0 Å². The molecule has 2 aromatic carbocycles. The van der Waals surface area contributed by atoms with E-state index >= 15 is 0 Å². The topological polar surface area (TPSA) is 96.6 Å². The first kappa shape index (κ1) is 18.9.